The van der Waals surface area contributed by atoms with E-state index < -0.39 is 17.6 Å². The van der Waals surface area contributed by atoms with Crippen LogP contribution in [-0.4, -0.2) is 36.5 Å². The molecule has 2 aromatic carbocycles. The molecule has 0 aliphatic rings. The summed E-state index contributed by atoms with van der Waals surface area (Å²) in [7, 11) is 0. The average molecular weight is 604 g/mol. The van der Waals surface area contributed by atoms with E-state index in [-0.39, 0.29) is 23.1 Å². The van der Waals surface area contributed by atoms with Crippen molar-refractivity contribution in [3.63, 3.8) is 0 Å². The zero-order valence-electron chi connectivity index (χ0n) is 23.3. The van der Waals surface area contributed by atoms with Crippen LogP contribution < -0.4 is 22.1 Å². The molecule has 44 heavy (non-hydrogen) atoms. The number of aromatic nitrogens is 5. The van der Waals surface area contributed by atoms with E-state index in [0.29, 0.717) is 53.1 Å². The molecule has 0 fully saturated rings. The van der Waals surface area contributed by atoms with Crippen molar-refractivity contribution in [1.82, 2.24) is 24.7 Å². The summed E-state index contributed by atoms with van der Waals surface area (Å²) >= 11 is 0. The fourth-order valence-electron chi connectivity index (χ4n) is 4.58. The first kappa shape index (κ1) is 29.9. The molecule has 0 radical (unpaired) electrons. The summed E-state index contributed by atoms with van der Waals surface area (Å²) in [5.74, 6) is -0.711. The molecule has 0 saturated heterocycles. The number of pyridine rings is 1. The third kappa shape index (κ3) is 6.91. The highest BCUT2D eigenvalue weighted by molar-refractivity contribution is 6.04. The lowest BCUT2D eigenvalue weighted by Crippen LogP contribution is -2.14. The molecule has 2 amide bonds. The van der Waals surface area contributed by atoms with E-state index in [0.717, 1.165) is 31.2 Å². The van der Waals surface area contributed by atoms with Gasteiger partial charge in [0, 0.05) is 30.3 Å². The van der Waals surface area contributed by atoms with Gasteiger partial charge in [0.05, 0.1) is 22.3 Å². The Balaban J connectivity index is 1.23. The van der Waals surface area contributed by atoms with Crippen molar-refractivity contribution in [3.05, 3.63) is 84.3 Å². The lowest BCUT2D eigenvalue weighted by Gasteiger charge is -2.09. The maximum absolute atomic E-state index is 13.0. The van der Waals surface area contributed by atoms with Crippen molar-refractivity contribution < 1.29 is 22.8 Å². The number of hydrogen-bond donors (Lipinski definition) is 4. The van der Waals surface area contributed by atoms with Crippen LogP contribution in [0, 0.1) is 0 Å². The Bertz CT molecular complexity index is 1800. The summed E-state index contributed by atoms with van der Waals surface area (Å²) in [6, 6.07) is 15.0. The molecular weight excluding hydrogens is 575 g/mol. The Kier molecular flexibility index (Phi) is 8.69. The standard InChI is InChI=1S/C30H28F3N9O2/c31-30(32,33)20-13-14-36-23(16-20)40-29(44)19-11-9-18(10-12-19)26-25-27(35)37-17-38-28(25)42(41-26)15-5-1-2-8-24(43)39-22-7-4-3-6-21(22)34/h3-4,6-7,9-14,16-17H,1-2,5,8,15,34H2,(H,39,43)(H2,35,37,38)(H,36,40,44). The predicted molar refractivity (Wildman–Crippen MR) is 160 cm³/mol. The maximum Gasteiger partial charge on any atom is 0.416 e. The maximum atomic E-state index is 13.0. The molecule has 0 aliphatic heterocycles. The number of nitrogens with zero attached hydrogens (tertiary/aromatic N) is 5. The Hall–Kier alpha value is -5.53. The normalized spacial score (nSPS) is 11.4. The van der Waals surface area contributed by atoms with E-state index in [4.69, 9.17) is 16.6 Å². The molecule has 11 nitrogen and oxygen atoms in total. The van der Waals surface area contributed by atoms with Gasteiger partial charge >= 0.3 is 6.18 Å². The smallest absolute Gasteiger partial charge is 0.397 e. The first-order chi connectivity index (χ1) is 21.1. The number of nitrogens with one attached hydrogen (secondary N) is 2. The third-order valence-corrected chi connectivity index (χ3v) is 6.82. The zero-order chi connectivity index (χ0) is 31.3. The number of para-hydroxylation sites is 2. The first-order valence-corrected chi connectivity index (χ1v) is 13.7. The Morgan fingerprint density at radius 2 is 1.66 bits per heavy atom. The van der Waals surface area contributed by atoms with Crippen molar-refractivity contribution in [2.24, 2.45) is 0 Å². The number of amides is 2. The number of aryl methyl sites for hydroxylation is 1. The number of rotatable bonds is 10. The molecule has 14 heteroatoms. The monoisotopic (exact) mass is 603 g/mol. The lowest BCUT2D eigenvalue weighted by molar-refractivity contribution is -0.137. The SMILES string of the molecule is Nc1ccccc1NC(=O)CCCCCn1nc(-c2ccc(C(=O)Nc3cc(C(F)(F)F)ccn3)cc2)c2c(N)ncnc21. The van der Waals surface area contributed by atoms with Crippen LogP contribution >= 0.6 is 0 Å². The number of carbonyl (C=O) groups excluding carboxylic acids is 2. The molecule has 0 bridgehead atoms. The highest BCUT2D eigenvalue weighted by Gasteiger charge is 2.31. The van der Waals surface area contributed by atoms with Gasteiger partial charge in [-0.3, -0.25) is 9.59 Å². The van der Waals surface area contributed by atoms with Crippen LogP contribution in [0.4, 0.5) is 36.2 Å². The zero-order valence-corrected chi connectivity index (χ0v) is 23.3. The minimum absolute atomic E-state index is 0.113. The second-order valence-corrected chi connectivity index (χ2v) is 9.93. The number of halogens is 3. The molecule has 0 aliphatic carbocycles. The van der Waals surface area contributed by atoms with Crippen molar-refractivity contribution in [2.75, 3.05) is 22.1 Å². The number of unbranched alkanes of at least 4 members (excludes halogenated alkanes) is 2. The minimum Gasteiger partial charge on any atom is -0.397 e. The summed E-state index contributed by atoms with van der Waals surface area (Å²) in [6.07, 6.45) is 0.280. The highest BCUT2D eigenvalue weighted by Crippen LogP contribution is 2.32. The number of nitrogens with two attached hydrogens (primary N) is 2. The lowest BCUT2D eigenvalue weighted by atomic mass is 10.1. The number of alkyl halides is 3. The summed E-state index contributed by atoms with van der Waals surface area (Å²) in [5, 5.41) is 10.5. The van der Waals surface area contributed by atoms with Crippen LogP contribution in [0.25, 0.3) is 22.3 Å². The number of fused-ring (bicyclic) bond motifs is 1. The van der Waals surface area contributed by atoms with Crippen molar-refractivity contribution in [3.8, 4) is 11.3 Å². The van der Waals surface area contributed by atoms with Crippen LogP contribution in [0.5, 0.6) is 0 Å². The van der Waals surface area contributed by atoms with Gasteiger partial charge in [-0.25, -0.2) is 19.6 Å². The first-order valence-electron chi connectivity index (χ1n) is 13.7. The fraction of sp³-hybridized carbons (Fsp3) is 0.200. The highest BCUT2D eigenvalue weighted by atomic mass is 19.4. The molecular formula is C30H28F3N9O2. The molecule has 5 rings (SSSR count). The van der Waals surface area contributed by atoms with Crippen molar-refractivity contribution >= 4 is 45.9 Å². The number of anilines is 4. The van der Waals surface area contributed by atoms with E-state index >= 15 is 0 Å². The van der Waals surface area contributed by atoms with Gasteiger partial charge in [-0.1, -0.05) is 30.7 Å². The van der Waals surface area contributed by atoms with Crippen molar-refractivity contribution in [2.45, 2.75) is 38.4 Å². The second-order valence-electron chi connectivity index (χ2n) is 9.93. The number of benzene rings is 2. The van der Waals surface area contributed by atoms with E-state index in [1.807, 2.05) is 0 Å². The summed E-state index contributed by atoms with van der Waals surface area (Å²) < 4.78 is 40.7. The largest absolute Gasteiger partial charge is 0.416 e. The second kappa shape index (κ2) is 12.8. The van der Waals surface area contributed by atoms with Crippen LogP contribution in [0.2, 0.25) is 0 Å². The van der Waals surface area contributed by atoms with Crippen LogP contribution in [0.15, 0.2) is 73.2 Å². The van der Waals surface area contributed by atoms with Gasteiger partial charge in [0.25, 0.3) is 5.91 Å². The van der Waals surface area contributed by atoms with Gasteiger partial charge in [0.15, 0.2) is 5.65 Å². The molecule has 0 saturated carbocycles. The summed E-state index contributed by atoms with van der Waals surface area (Å²) in [6.45, 7) is 0.519. The molecule has 0 spiro atoms. The number of nitrogen functional groups attached to an aromatic ring is 2. The molecule has 5 aromatic rings. The Morgan fingerprint density at radius 3 is 2.41 bits per heavy atom. The van der Waals surface area contributed by atoms with Crippen molar-refractivity contribution in [1.29, 1.82) is 0 Å². The van der Waals surface area contributed by atoms with Gasteiger partial charge in [-0.2, -0.15) is 18.3 Å². The topological polar surface area (TPSA) is 167 Å². The quantitative estimate of drug-likeness (QED) is 0.120. The number of hydrogen-bond acceptors (Lipinski definition) is 8. The molecule has 0 atom stereocenters. The molecule has 0 unspecified atom stereocenters. The predicted octanol–water partition coefficient (Wildman–Crippen LogP) is 5.52. The van der Waals surface area contributed by atoms with E-state index in [9.17, 15) is 22.8 Å². The third-order valence-electron chi connectivity index (χ3n) is 6.82. The molecule has 6 N–H and O–H groups in total. The van der Waals surface area contributed by atoms with E-state index in [1.165, 1.54) is 18.5 Å². The van der Waals surface area contributed by atoms with Gasteiger partial charge < -0.3 is 22.1 Å². The average Bonchev–Trinajstić information content (AvgIpc) is 3.38. The van der Waals surface area contributed by atoms with Crippen LogP contribution in [-0.2, 0) is 17.5 Å². The molecule has 3 heterocycles. The Labute approximate surface area is 249 Å². The van der Waals surface area contributed by atoms with Gasteiger partial charge in [-0.05, 0) is 49.2 Å². The van der Waals surface area contributed by atoms with E-state index in [1.54, 1.807) is 41.1 Å². The van der Waals surface area contributed by atoms with Gasteiger partial charge in [0.2, 0.25) is 5.91 Å². The molecule has 226 valence electrons. The number of carbonyl (C=O) groups is 2. The van der Waals surface area contributed by atoms with Crippen LogP contribution in [0.3, 0.4) is 0 Å². The molecule has 3 aromatic heterocycles. The van der Waals surface area contributed by atoms with Crippen LogP contribution in [0.1, 0.15) is 41.6 Å². The summed E-state index contributed by atoms with van der Waals surface area (Å²) in [4.78, 5) is 37.3. The minimum atomic E-state index is -4.56. The van der Waals surface area contributed by atoms with Gasteiger partial charge in [0.1, 0.15) is 23.7 Å². The Morgan fingerprint density at radius 1 is 0.886 bits per heavy atom. The fourth-order valence-corrected chi connectivity index (χ4v) is 4.58. The summed E-state index contributed by atoms with van der Waals surface area (Å²) in [5.41, 5.74) is 14.2. The van der Waals surface area contributed by atoms with E-state index in [2.05, 4.69) is 25.6 Å². The van der Waals surface area contributed by atoms with Gasteiger partial charge in [-0.15, -0.1) is 0 Å².